The quantitative estimate of drug-likeness (QED) is 0.645. The molecule has 0 saturated carbocycles. The smallest absolute Gasteiger partial charge is 0.312 e. The molecule has 6 nitrogen and oxygen atoms in total. The number of ether oxygens (including phenoxy) is 1. The van der Waals surface area contributed by atoms with Gasteiger partial charge in [0.05, 0.1) is 5.92 Å². The fraction of sp³-hybridized carbons (Fsp3) is 0.375. The minimum atomic E-state index is -1.04. The summed E-state index contributed by atoms with van der Waals surface area (Å²) < 4.78 is 18.3. The van der Waals surface area contributed by atoms with Gasteiger partial charge in [0.15, 0.2) is 6.10 Å². The highest BCUT2D eigenvalue weighted by Crippen LogP contribution is 2.27. The second-order valence-corrected chi connectivity index (χ2v) is 7.75. The molecular weight excluding hydrogens is 399 g/mol. The van der Waals surface area contributed by atoms with Crippen molar-refractivity contribution in [3.8, 4) is 0 Å². The van der Waals surface area contributed by atoms with E-state index in [9.17, 15) is 18.8 Å². The molecule has 1 aliphatic heterocycles. The first-order valence-electron chi connectivity index (χ1n) is 10.5. The van der Waals surface area contributed by atoms with Gasteiger partial charge in [-0.2, -0.15) is 0 Å². The molecule has 1 aliphatic rings. The van der Waals surface area contributed by atoms with Crippen LogP contribution in [0.3, 0.4) is 0 Å². The maximum Gasteiger partial charge on any atom is 0.312 e. The number of hydrogen-bond acceptors (Lipinski definition) is 4. The van der Waals surface area contributed by atoms with Gasteiger partial charge in [-0.3, -0.25) is 14.4 Å². The lowest BCUT2D eigenvalue weighted by Crippen LogP contribution is -2.33. The van der Waals surface area contributed by atoms with Crippen LogP contribution in [0.4, 0.5) is 15.8 Å². The van der Waals surface area contributed by atoms with Crippen LogP contribution in [0, 0.1) is 11.7 Å². The lowest BCUT2D eigenvalue weighted by molar-refractivity contribution is -0.157. The SMILES string of the molecule is CCCCc1ccc(N2C[C@@H](C(=O)O[C@H](C)C(=O)Nc3ccc(F)cc3)CC2=O)cc1. The standard InChI is InChI=1S/C24H27FN2O4/c1-3-4-5-17-6-12-21(13-7-17)27-15-18(14-22(27)28)24(30)31-16(2)23(29)26-20-10-8-19(25)9-11-20/h6-13,16,18H,3-5,14-15H2,1-2H3,(H,26,29)/t16-,18+/m1/s1. The molecule has 1 heterocycles. The van der Waals surface area contributed by atoms with Gasteiger partial charge in [-0.05, 0) is 61.7 Å². The number of benzene rings is 2. The molecule has 31 heavy (non-hydrogen) atoms. The first-order valence-corrected chi connectivity index (χ1v) is 10.5. The van der Waals surface area contributed by atoms with Gasteiger partial charge in [0.1, 0.15) is 5.82 Å². The second-order valence-electron chi connectivity index (χ2n) is 7.75. The number of nitrogens with zero attached hydrogens (tertiary/aromatic N) is 1. The van der Waals surface area contributed by atoms with Crippen LogP contribution in [0.2, 0.25) is 0 Å². The van der Waals surface area contributed by atoms with Crippen molar-refractivity contribution < 1.29 is 23.5 Å². The molecule has 1 N–H and O–H groups in total. The molecule has 1 saturated heterocycles. The second kappa shape index (κ2) is 10.2. The van der Waals surface area contributed by atoms with Crippen LogP contribution in [0.15, 0.2) is 48.5 Å². The van der Waals surface area contributed by atoms with Crippen molar-refractivity contribution in [3.63, 3.8) is 0 Å². The Morgan fingerprint density at radius 2 is 1.84 bits per heavy atom. The van der Waals surface area contributed by atoms with Crippen molar-refractivity contribution in [3.05, 3.63) is 59.9 Å². The summed E-state index contributed by atoms with van der Waals surface area (Å²) in [6.07, 6.45) is 2.24. The number of esters is 1. The monoisotopic (exact) mass is 426 g/mol. The number of amides is 2. The Kier molecular flexibility index (Phi) is 7.39. The van der Waals surface area contributed by atoms with Gasteiger partial charge >= 0.3 is 5.97 Å². The topological polar surface area (TPSA) is 75.7 Å². The van der Waals surface area contributed by atoms with Crippen LogP contribution >= 0.6 is 0 Å². The van der Waals surface area contributed by atoms with Crippen molar-refractivity contribution in [2.45, 2.75) is 45.6 Å². The average molecular weight is 426 g/mol. The summed E-state index contributed by atoms with van der Waals surface area (Å²) in [4.78, 5) is 38.8. The van der Waals surface area contributed by atoms with Crippen LogP contribution < -0.4 is 10.2 Å². The summed E-state index contributed by atoms with van der Waals surface area (Å²) in [6.45, 7) is 3.82. The van der Waals surface area contributed by atoms with E-state index in [1.807, 2.05) is 24.3 Å². The molecule has 0 bridgehead atoms. The first kappa shape index (κ1) is 22.5. The Hall–Kier alpha value is -3.22. The molecular formula is C24H27FN2O4. The summed E-state index contributed by atoms with van der Waals surface area (Å²) in [7, 11) is 0. The zero-order valence-electron chi connectivity index (χ0n) is 17.8. The molecule has 0 unspecified atom stereocenters. The van der Waals surface area contributed by atoms with Gasteiger partial charge in [0.2, 0.25) is 5.91 Å². The van der Waals surface area contributed by atoms with E-state index >= 15 is 0 Å². The minimum absolute atomic E-state index is 0.0444. The molecule has 0 aromatic heterocycles. The number of aryl methyl sites for hydroxylation is 1. The van der Waals surface area contributed by atoms with Crippen LogP contribution in [0.25, 0.3) is 0 Å². The average Bonchev–Trinajstić information content (AvgIpc) is 3.16. The number of rotatable bonds is 8. The third-order valence-corrected chi connectivity index (χ3v) is 5.30. The maximum absolute atomic E-state index is 13.0. The molecule has 0 aliphatic carbocycles. The van der Waals surface area contributed by atoms with Crippen LogP contribution in [-0.4, -0.2) is 30.4 Å². The van der Waals surface area contributed by atoms with Gasteiger partial charge < -0.3 is 15.0 Å². The third kappa shape index (κ3) is 5.90. The fourth-order valence-electron chi connectivity index (χ4n) is 3.44. The number of anilines is 2. The van der Waals surface area contributed by atoms with Crippen molar-refractivity contribution in [2.75, 3.05) is 16.8 Å². The Morgan fingerprint density at radius 3 is 2.48 bits per heavy atom. The van der Waals surface area contributed by atoms with Gasteiger partial charge in [0, 0.05) is 24.3 Å². The van der Waals surface area contributed by atoms with E-state index in [1.165, 1.54) is 36.8 Å². The Bertz CT molecular complexity index is 928. The predicted octanol–water partition coefficient (Wildman–Crippen LogP) is 4.09. The third-order valence-electron chi connectivity index (χ3n) is 5.30. The van der Waals surface area contributed by atoms with E-state index in [-0.39, 0.29) is 18.9 Å². The Morgan fingerprint density at radius 1 is 1.16 bits per heavy atom. The minimum Gasteiger partial charge on any atom is -0.452 e. The first-order chi connectivity index (χ1) is 14.9. The van der Waals surface area contributed by atoms with Gasteiger partial charge in [0.25, 0.3) is 5.91 Å². The molecule has 1 fully saturated rings. The zero-order valence-corrected chi connectivity index (χ0v) is 17.8. The van der Waals surface area contributed by atoms with Gasteiger partial charge in [-0.15, -0.1) is 0 Å². The van der Waals surface area contributed by atoms with Crippen molar-refractivity contribution in [1.82, 2.24) is 0 Å². The van der Waals surface area contributed by atoms with E-state index in [0.29, 0.717) is 5.69 Å². The van der Waals surface area contributed by atoms with E-state index in [2.05, 4.69) is 12.2 Å². The molecule has 0 spiro atoms. The fourth-order valence-corrected chi connectivity index (χ4v) is 3.44. The van der Waals surface area contributed by atoms with Crippen LogP contribution in [0.5, 0.6) is 0 Å². The van der Waals surface area contributed by atoms with Crippen LogP contribution in [0.1, 0.15) is 38.7 Å². The summed E-state index contributed by atoms with van der Waals surface area (Å²) >= 11 is 0. The van der Waals surface area contributed by atoms with Crippen molar-refractivity contribution in [2.24, 2.45) is 5.92 Å². The van der Waals surface area contributed by atoms with E-state index in [4.69, 9.17) is 4.74 Å². The number of carbonyl (C=O) groups is 3. The molecule has 2 aromatic carbocycles. The zero-order chi connectivity index (χ0) is 22.4. The molecule has 0 radical (unpaired) electrons. The summed E-state index contributed by atoms with van der Waals surface area (Å²) in [5.74, 6) is -2.30. The lowest BCUT2D eigenvalue weighted by Gasteiger charge is -2.18. The Balaban J connectivity index is 1.54. The number of hydrogen-bond donors (Lipinski definition) is 1. The molecule has 164 valence electrons. The van der Waals surface area contributed by atoms with Gasteiger partial charge in [-0.1, -0.05) is 25.5 Å². The highest BCUT2D eigenvalue weighted by molar-refractivity contribution is 6.00. The summed E-state index contributed by atoms with van der Waals surface area (Å²) in [6, 6.07) is 13.1. The van der Waals surface area contributed by atoms with Gasteiger partial charge in [-0.25, -0.2) is 4.39 Å². The number of halogens is 1. The summed E-state index contributed by atoms with van der Waals surface area (Å²) in [5.41, 5.74) is 2.37. The highest BCUT2D eigenvalue weighted by atomic mass is 19.1. The number of carbonyl (C=O) groups excluding carboxylic acids is 3. The Labute approximate surface area is 181 Å². The van der Waals surface area contributed by atoms with E-state index < -0.39 is 29.7 Å². The molecule has 2 aromatic rings. The summed E-state index contributed by atoms with van der Waals surface area (Å²) in [5, 5.41) is 2.57. The predicted molar refractivity (Wildman–Crippen MR) is 116 cm³/mol. The molecule has 3 rings (SSSR count). The largest absolute Gasteiger partial charge is 0.452 e. The van der Waals surface area contributed by atoms with Crippen molar-refractivity contribution in [1.29, 1.82) is 0 Å². The van der Waals surface area contributed by atoms with Crippen LogP contribution in [-0.2, 0) is 25.5 Å². The maximum atomic E-state index is 13.0. The highest BCUT2D eigenvalue weighted by Gasteiger charge is 2.37. The lowest BCUT2D eigenvalue weighted by atomic mass is 10.1. The normalized spacial score (nSPS) is 16.8. The van der Waals surface area contributed by atoms with E-state index in [1.54, 1.807) is 4.90 Å². The number of unbranched alkanes of at least 4 members (excludes halogenated alkanes) is 1. The number of nitrogens with one attached hydrogen (secondary N) is 1. The molecule has 2 atom stereocenters. The molecule has 7 heteroatoms. The van der Waals surface area contributed by atoms with E-state index in [0.717, 1.165) is 24.9 Å². The molecule has 2 amide bonds. The van der Waals surface area contributed by atoms with Crippen molar-refractivity contribution >= 4 is 29.2 Å².